The molecule has 1 heterocycles. The third-order valence-electron chi connectivity index (χ3n) is 4.84. The van der Waals surface area contributed by atoms with Crippen LogP contribution in [-0.4, -0.2) is 50.3 Å². The van der Waals surface area contributed by atoms with Gasteiger partial charge in [-0.2, -0.15) is 0 Å². The van der Waals surface area contributed by atoms with Crippen LogP contribution in [0.1, 0.15) is 45.4 Å². The zero-order valence-corrected chi connectivity index (χ0v) is 12.5. The highest BCUT2D eigenvalue weighted by Gasteiger charge is 2.38. The van der Waals surface area contributed by atoms with Crippen LogP contribution in [-0.2, 0) is 4.74 Å². The summed E-state index contributed by atoms with van der Waals surface area (Å²) in [5.74, 6) is 1.00. The lowest BCUT2D eigenvalue weighted by molar-refractivity contribution is 0.105. The Bertz CT molecular complexity index is 280. The molecule has 0 aromatic rings. The number of hydrogen-bond donors (Lipinski definition) is 1. The Hall–Kier alpha value is -0.120. The maximum Gasteiger partial charge on any atom is 0.0547 e. The summed E-state index contributed by atoms with van der Waals surface area (Å²) in [6, 6.07) is 0.820. The second-order valence-electron chi connectivity index (χ2n) is 7.14. The Morgan fingerprint density at radius 3 is 2.68 bits per heavy atom. The summed E-state index contributed by atoms with van der Waals surface area (Å²) >= 11 is 0. The molecule has 3 aliphatic rings. The lowest BCUT2D eigenvalue weighted by atomic mass is 9.86. The molecule has 3 heteroatoms. The second kappa shape index (κ2) is 6.11. The van der Waals surface area contributed by atoms with Gasteiger partial charge in [0.05, 0.1) is 6.61 Å². The summed E-state index contributed by atoms with van der Waals surface area (Å²) < 4.78 is 5.75. The summed E-state index contributed by atoms with van der Waals surface area (Å²) in [7, 11) is 0. The van der Waals surface area contributed by atoms with Gasteiger partial charge in [-0.25, -0.2) is 0 Å². The molecule has 0 spiro atoms. The Morgan fingerprint density at radius 1 is 1.26 bits per heavy atom. The zero-order chi connectivity index (χ0) is 13.1. The van der Waals surface area contributed by atoms with Gasteiger partial charge in [-0.3, -0.25) is 0 Å². The first-order valence-electron chi connectivity index (χ1n) is 8.33. The van der Waals surface area contributed by atoms with Crippen molar-refractivity contribution in [2.45, 2.75) is 51.5 Å². The highest BCUT2D eigenvalue weighted by atomic mass is 16.5. The monoisotopic (exact) mass is 266 g/mol. The molecular formula is C16H30N2O. The van der Waals surface area contributed by atoms with Crippen molar-refractivity contribution in [3.63, 3.8) is 0 Å². The molecule has 1 aliphatic heterocycles. The predicted octanol–water partition coefficient (Wildman–Crippen LogP) is 2.27. The predicted molar refractivity (Wildman–Crippen MR) is 78.3 cm³/mol. The van der Waals surface area contributed by atoms with Crippen LogP contribution in [0.4, 0.5) is 0 Å². The molecule has 1 atom stereocenters. The van der Waals surface area contributed by atoms with Crippen LogP contribution in [0.3, 0.4) is 0 Å². The van der Waals surface area contributed by atoms with Crippen LogP contribution in [0.5, 0.6) is 0 Å². The Labute approximate surface area is 118 Å². The maximum atomic E-state index is 5.75. The second-order valence-corrected chi connectivity index (χ2v) is 7.14. The third kappa shape index (κ3) is 4.17. The van der Waals surface area contributed by atoms with E-state index in [4.69, 9.17) is 4.74 Å². The average Bonchev–Trinajstić information content (AvgIpc) is 3.30. The van der Waals surface area contributed by atoms with Crippen molar-refractivity contribution in [1.82, 2.24) is 10.2 Å². The highest BCUT2D eigenvalue weighted by molar-refractivity contribution is 4.92. The number of nitrogens with zero attached hydrogens (tertiary/aromatic N) is 1. The molecule has 0 radical (unpaired) electrons. The van der Waals surface area contributed by atoms with Crippen molar-refractivity contribution < 1.29 is 4.74 Å². The molecule has 3 fully saturated rings. The fourth-order valence-corrected chi connectivity index (χ4v) is 3.31. The van der Waals surface area contributed by atoms with Crippen molar-refractivity contribution in [3.05, 3.63) is 0 Å². The maximum absolute atomic E-state index is 5.75. The molecule has 0 amide bonds. The van der Waals surface area contributed by atoms with Gasteiger partial charge >= 0.3 is 0 Å². The van der Waals surface area contributed by atoms with Gasteiger partial charge in [0.2, 0.25) is 0 Å². The number of rotatable bonds is 9. The Morgan fingerprint density at radius 2 is 2.11 bits per heavy atom. The van der Waals surface area contributed by atoms with Gasteiger partial charge in [-0.1, -0.05) is 6.92 Å². The van der Waals surface area contributed by atoms with Gasteiger partial charge in [0, 0.05) is 37.7 Å². The van der Waals surface area contributed by atoms with Crippen molar-refractivity contribution >= 4 is 0 Å². The van der Waals surface area contributed by atoms with E-state index in [0.717, 1.165) is 25.2 Å². The minimum atomic E-state index is 0.395. The van der Waals surface area contributed by atoms with E-state index in [1.54, 1.807) is 0 Å². The largest absolute Gasteiger partial charge is 0.381 e. The topological polar surface area (TPSA) is 24.5 Å². The molecule has 1 N–H and O–H groups in total. The van der Waals surface area contributed by atoms with Crippen LogP contribution in [0.15, 0.2) is 0 Å². The lowest BCUT2D eigenvalue weighted by Crippen LogP contribution is -2.46. The van der Waals surface area contributed by atoms with Gasteiger partial charge < -0.3 is 15.0 Å². The number of ether oxygens (including phenoxy) is 1. The van der Waals surface area contributed by atoms with E-state index in [2.05, 4.69) is 17.1 Å². The molecular weight excluding hydrogens is 236 g/mol. The van der Waals surface area contributed by atoms with Crippen molar-refractivity contribution in [1.29, 1.82) is 0 Å². The van der Waals surface area contributed by atoms with E-state index in [9.17, 15) is 0 Å². The molecule has 0 bridgehead atoms. The molecule has 1 saturated heterocycles. The van der Waals surface area contributed by atoms with E-state index < -0.39 is 0 Å². The molecule has 0 aromatic heterocycles. The van der Waals surface area contributed by atoms with Gasteiger partial charge in [0.25, 0.3) is 0 Å². The number of hydrogen-bond acceptors (Lipinski definition) is 3. The smallest absolute Gasteiger partial charge is 0.0547 e. The normalized spacial score (nSPS) is 31.3. The lowest BCUT2D eigenvalue weighted by Gasteiger charge is -2.34. The van der Waals surface area contributed by atoms with Crippen LogP contribution in [0, 0.1) is 11.3 Å². The first-order valence-corrected chi connectivity index (χ1v) is 8.33. The van der Waals surface area contributed by atoms with Crippen molar-refractivity contribution in [2.75, 3.05) is 39.4 Å². The molecule has 110 valence electrons. The van der Waals surface area contributed by atoms with Gasteiger partial charge in [-0.15, -0.1) is 0 Å². The van der Waals surface area contributed by atoms with E-state index in [1.807, 2.05) is 0 Å². The molecule has 3 rings (SSSR count). The summed E-state index contributed by atoms with van der Waals surface area (Å²) in [5.41, 5.74) is 0.395. The van der Waals surface area contributed by atoms with Gasteiger partial charge in [0.15, 0.2) is 0 Å². The van der Waals surface area contributed by atoms with Crippen molar-refractivity contribution in [3.8, 4) is 0 Å². The van der Waals surface area contributed by atoms with Gasteiger partial charge in [0.1, 0.15) is 0 Å². The first kappa shape index (κ1) is 13.8. The fourth-order valence-electron chi connectivity index (χ4n) is 3.31. The summed E-state index contributed by atoms with van der Waals surface area (Å²) in [6.45, 7) is 9.26. The zero-order valence-electron chi connectivity index (χ0n) is 12.5. The first-order chi connectivity index (χ1) is 9.30. The SMILES string of the molecule is CCCN(CC1CC1)CC1(CNC2CC2)CCOC1. The van der Waals surface area contributed by atoms with E-state index in [1.165, 1.54) is 64.7 Å². The van der Waals surface area contributed by atoms with Crippen LogP contribution in [0.2, 0.25) is 0 Å². The Kier molecular flexibility index (Phi) is 4.45. The van der Waals surface area contributed by atoms with Crippen LogP contribution >= 0.6 is 0 Å². The summed E-state index contributed by atoms with van der Waals surface area (Å²) in [5, 5.41) is 3.75. The summed E-state index contributed by atoms with van der Waals surface area (Å²) in [4.78, 5) is 2.72. The average molecular weight is 266 g/mol. The van der Waals surface area contributed by atoms with E-state index in [0.29, 0.717) is 5.41 Å². The van der Waals surface area contributed by atoms with Gasteiger partial charge in [-0.05, 0) is 51.0 Å². The highest BCUT2D eigenvalue weighted by Crippen LogP contribution is 2.34. The van der Waals surface area contributed by atoms with Crippen LogP contribution < -0.4 is 5.32 Å². The van der Waals surface area contributed by atoms with E-state index in [-0.39, 0.29) is 0 Å². The molecule has 1 unspecified atom stereocenters. The van der Waals surface area contributed by atoms with Crippen molar-refractivity contribution in [2.24, 2.45) is 11.3 Å². The third-order valence-corrected chi connectivity index (χ3v) is 4.84. The number of nitrogens with one attached hydrogen (secondary N) is 1. The van der Waals surface area contributed by atoms with Crippen LogP contribution in [0.25, 0.3) is 0 Å². The molecule has 0 aromatic carbocycles. The Balaban J connectivity index is 1.53. The summed E-state index contributed by atoms with van der Waals surface area (Å²) in [6.07, 6.45) is 8.22. The molecule has 2 saturated carbocycles. The molecule has 19 heavy (non-hydrogen) atoms. The minimum Gasteiger partial charge on any atom is -0.381 e. The fraction of sp³-hybridized carbons (Fsp3) is 1.00. The molecule has 2 aliphatic carbocycles. The molecule has 3 nitrogen and oxygen atoms in total. The standard InChI is InChI=1S/C16H30N2O/c1-2-8-18(10-14-3-4-14)12-16(7-9-19-13-16)11-17-15-5-6-15/h14-15,17H,2-13H2,1H3. The van der Waals surface area contributed by atoms with E-state index >= 15 is 0 Å². The minimum absolute atomic E-state index is 0.395. The quantitative estimate of drug-likeness (QED) is 0.693.